The standard InChI is InChI=1S/C15H18N4O/c1-11-4-2-6-14(18-11)15(20)19-7-3-5-12(10-19)13-8-16-17-9-13/h2,4,6,8-9,12H,3,5,7,10H2,1H3,(H,16,17). The number of likely N-dealkylation sites (tertiary alicyclic amines) is 1. The Labute approximate surface area is 118 Å². The number of piperidine rings is 1. The highest BCUT2D eigenvalue weighted by molar-refractivity contribution is 5.92. The third-order valence-electron chi connectivity index (χ3n) is 3.81. The molecule has 1 unspecified atom stereocenters. The zero-order valence-electron chi connectivity index (χ0n) is 11.5. The fourth-order valence-electron chi connectivity index (χ4n) is 2.74. The molecule has 1 saturated heterocycles. The van der Waals surface area contributed by atoms with Crippen LogP contribution in [-0.4, -0.2) is 39.1 Å². The Bertz CT molecular complexity index is 594. The molecule has 0 aromatic carbocycles. The van der Waals surface area contributed by atoms with Crippen molar-refractivity contribution in [2.24, 2.45) is 0 Å². The second kappa shape index (κ2) is 5.45. The van der Waals surface area contributed by atoms with Gasteiger partial charge in [0.1, 0.15) is 5.69 Å². The number of rotatable bonds is 2. The molecule has 0 bridgehead atoms. The number of amides is 1. The third-order valence-corrected chi connectivity index (χ3v) is 3.81. The van der Waals surface area contributed by atoms with Crippen molar-refractivity contribution in [1.82, 2.24) is 20.1 Å². The van der Waals surface area contributed by atoms with Crippen LogP contribution in [-0.2, 0) is 0 Å². The Hall–Kier alpha value is -2.17. The molecule has 20 heavy (non-hydrogen) atoms. The number of aryl methyl sites for hydroxylation is 1. The molecule has 5 nitrogen and oxygen atoms in total. The first-order chi connectivity index (χ1) is 9.74. The Balaban J connectivity index is 1.75. The predicted octanol–water partition coefficient (Wildman–Crippen LogP) is 2.13. The van der Waals surface area contributed by atoms with E-state index in [-0.39, 0.29) is 5.91 Å². The minimum Gasteiger partial charge on any atom is -0.337 e. The van der Waals surface area contributed by atoms with Gasteiger partial charge in [-0.3, -0.25) is 9.89 Å². The molecular formula is C15H18N4O. The smallest absolute Gasteiger partial charge is 0.272 e. The molecule has 0 aliphatic carbocycles. The Morgan fingerprint density at radius 3 is 3.10 bits per heavy atom. The van der Waals surface area contributed by atoms with Crippen LogP contribution in [0, 0.1) is 6.92 Å². The summed E-state index contributed by atoms with van der Waals surface area (Å²) in [6.45, 7) is 3.46. The molecule has 2 aromatic rings. The summed E-state index contributed by atoms with van der Waals surface area (Å²) in [4.78, 5) is 18.7. The normalized spacial score (nSPS) is 19.1. The van der Waals surface area contributed by atoms with Crippen molar-refractivity contribution in [3.63, 3.8) is 0 Å². The van der Waals surface area contributed by atoms with Gasteiger partial charge >= 0.3 is 0 Å². The van der Waals surface area contributed by atoms with E-state index in [0.717, 1.165) is 31.6 Å². The largest absolute Gasteiger partial charge is 0.337 e. The van der Waals surface area contributed by atoms with Gasteiger partial charge in [0.15, 0.2) is 0 Å². The highest BCUT2D eigenvalue weighted by atomic mass is 16.2. The molecule has 1 aliphatic rings. The molecule has 5 heteroatoms. The molecule has 3 heterocycles. The van der Waals surface area contributed by atoms with E-state index in [1.165, 1.54) is 5.56 Å². The predicted molar refractivity (Wildman–Crippen MR) is 75.4 cm³/mol. The molecule has 1 amide bonds. The Kier molecular flexibility index (Phi) is 3.50. The number of hydrogen-bond donors (Lipinski definition) is 1. The van der Waals surface area contributed by atoms with Crippen LogP contribution in [0.5, 0.6) is 0 Å². The topological polar surface area (TPSA) is 61.9 Å². The lowest BCUT2D eigenvalue weighted by atomic mass is 9.92. The van der Waals surface area contributed by atoms with E-state index < -0.39 is 0 Å². The summed E-state index contributed by atoms with van der Waals surface area (Å²) >= 11 is 0. The summed E-state index contributed by atoms with van der Waals surface area (Å²) in [6.07, 6.45) is 5.89. The van der Waals surface area contributed by atoms with Gasteiger partial charge in [0, 0.05) is 30.9 Å². The first-order valence-electron chi connectivity index (χ1n) is 6.95. The lowest BCUT2D eigenvalue weighted by Gasteiger charge is -2.32. The Morgan fingerprint density at radius 2 is 2.35 bits per heavy atom. The zero-order valence-corrected chi connectivity index (χ0v) is 11.5. The van der Waals surface area contributed by atoms with E-state index >= 15 is 0 Å². The van der Waals surface area contributed by atoms with Crippen LogP contribution in [0.1, 0.15) is 40.5 Å². The zero-order chi connectivity index (χ0) is 13.9. The number of carbonyl (C=O) groups is 1. The molecule has 0 saturated carbocycles. The van der Waals surface area contributed by atoms with Crippen LogP contribution in [0.4, 0.5) is 0 Å². The first-order valence-corrected chi connectivity index (χ1v) is 6.95. The van der Waals surface area contributed by atoms with Gasteiger partial charge in [0.05, 0.1) is 6.20 Å². The summed E-state index contributed by atoms with van der Waals surface area (Å²) < 4.78 is 0. The quantitative estimate of drug-likeness (QED) is 0.909. The second-order valence-corrected chi connectivity index (χ2v) is 5.29. The van der Waals surface area contributed by atoms with Gasteiger partial charge in [-0.25, -0.2) is 4.98 Å². The van der Waals surface area contributed by atoms with Crippen molar-refractivity contribution in [2.75, 3.05) is 13.1 Å². The molecule has 1 aliphatic heterocycles. The van der Waals surface area contributed by atoms with Gasteiger partial charge in [-0.1, -0.05) is 6.07 Å². The number of carbonyl (C=O) groups excluding carboxylic acids is 1. The van der Waals surface area contributed by atoms with E-state index in [1.54, 1.807) is 6.07 Å². The van der Waals surface area contributed by atoms with E-state index in [2.05, 4.69) is 15.2 Å². The van der Waals surface area contributed by atoms with Crippen molar-refractivity contribution in [3.05, 3.63) is 47.5 Å². The lowest BCUT2D eigenvalue weighted by Crippen LogP contribution is -2.39. The summed E-state index contributed by atoms with van der Waals surface area (Å²) in [6, 6.07) is 5.57. The molecule has 1 fully saturated rings. The number of aromatic amines is 1. The maximum absolute atomic E-state index is 12.5. The molecular weight excluding hydrogens is 252 g/mol. The SMILES string of the molecule is Cc1cccc(C(=O)N2CCCC(c3cn[nH]c3)C2)n1. The minimum atomic E-state index is 0.0295. The van der Waals surface area contributed by atoms with Crippen molar-refractivity contribution in [2.45, 2.75) is 25.7 Å². The fraction of sp³-hybridized carbons (Fsp3) is 0.400. The molecule has 3 rings (SSSR count). The van der Waals surface area contributed by atoms with Crippen LogP contribution in [0.25, 0.3) is 0 Å². The summed E-state index contributed by atoms with van der Waals surface area (Å²) in [5.41, 5.74) is 2.59. The van der Waals surface area contributed by atoms with E-state index in [9.17, 15) is 4.79 Å². The number of nitrogens with one attached hydrogen (secondary N) is 1. The molecule has 0 radical (unpaired) electrons. The molecule has 0 spiro atoms. The van der Waals surface area contributed by atoms with Crippen LogP contribution < -0.4 is 0 Å². The van der Waals surface area contributed by atoms with Crippen LogP contribution in [0.15, 0.2) is 30.6 Å². The maximum Gasteiger partial charge on any atom is 0.272 e. The number of hydrogen-bond acceptors (Lipinski definition) is 3. The molecule has 1 N–H and O–H groups in total. The van der Waals surface area contributed by atoms with Crippen molar-refractivity contribution in [1.29, 1.82) is 0 Å². The minimum absolute atomic E-state index is 0.0295. The van der Waals surface area contributed by atoms with Crippen LogP contribution in [0.3, 0.4) is 0 Å². The average molecular weight is 270 g/mol. The Morgan fingerprint density at radius 1 is 1.45 bits per heavy atom. The average Bonchev–Trinajstić information content (AvgIpc) is 3.01. The molecule has 2 aromatic heterocycles. The van der Waals surface area contributed by atoms with Crippen molar-refractivity contribution < 1.29 is 4.79 Å². The fourth-order valence-corrected chi connectivity index (χ4v) is 2.74. The lowest BCUT2D eigenvalue weighted by molar-refractivity contribution is 0.0701. The number of aromatic nitrogens is 3. The van der Waals surface area contributed by atoms with Crippen LogP contribution >= 0.6 is 0 Å². The summed E-state index contributed by atoms with van der Waals surface area (Å²) in [5, 5.41) is 6.84. The first kappa shape index (κ1) is 12.8. The van der Waals surface area contributed by atoms with Gasteiger partial charge in [-0.2, -0.15) is 5.10 Å². The van der Waals surface area contributed by atoms with Gasteiger partial charge in [-0.05, 0) is 37.5 Å². The summed E-state index contributed by atoms with van der Waals surface area (Å²) in [5.74, 6) is 0.401. The number of H-pyrrole nitrogens is 1. The van der Waals surface area contributed by atoms with E-state index in [0.29, 0.717) is 11.6 Å². The summed E-state index contributed by atoms with van der Waals surface area (Å²) in [7, 11) is 0. The van der Waals surface area contributed by atoms with E-state index in [4.69, 9.17) is 0 Å². The maximum atomic E-state index is 12.5. The third kappa shape index (κ3) is 2.57. The molecule has 1 atom stereocenters. The second-order valence-electron chi connectivity index (χ2n) is 5.29. The van der Waals surface area contributed by atoms with Gasteiger partial charge < -0.3 is 4.90 Å². The van der Waals surface area contributed by atoms with Crippen LogP contribution in [0.2, 0.25) is 0 Å². The van der Waals surface area contributed by atoms with E-state index in [1.807, 2.05) is 36.4 Å². The highest BCUT2D eigenvalue weighted by Crippen LogP contribution is 2.26. The highest BCUT2D eigenvalue weighted by Gasteiger charge is 2.26. The molecule has 104 valence electrons. The number of pyridine rings is 1. The number of nitrogens with zero attached hydrogens (tertiary/aromatic N) is 3. The van der Waals surface area contributed by atoms with Crippen molar-refractivity contribution in [3.8, 4) is 0 Å². The van der Waals surface area contributed by atoms with Crippen molar-refractivity contribution >= 4 is 5.91 Å². The monoisotopic (exact) mass is 270 g/mol. The van der Waals surface area contributed by atoms with Gasteiger partial charge in [-0.15, -0.1) is 0 Å². The van der Waals surface area contributed by atoms with Gasteiger partial charge in [0.2, 0.25) is 0 Å². The van der Waals surface area contributed by atoms with Gasteiger partial charge in [0.25, 0.3) is 5.91 Å².